The first-order valence-corrected chi connectivity index (χ1v) is 5.72. The third kappa shape index (κ3) is 2.71. The molecule has 1 heterocycles. The molecule has 0 aliphatic rings. The molecule has 1 aromatic carbocycles. The number of benzene rings is 1. The summed E-state index contributed by atoms with van der Waals surface area (Å²) < 4.78 is 18.1. The van der Waals surface area contributed by atoms with Gasteiger partial charge in [-0.05, 0) is 41.8 Å². The van der Waals surface area contributed by atoms with Gasteiger partial charge in [0.2, 0.25) is 5.22 Å². The average Bonchev–Trinajstić information content (AvgIpc) is 2.77. The Kier molecular flexibility index (Phi) is 3.67. The fourth-order valence-corrected chi connectivity index (χ4v) is 1.68. The van der Waals surface area contributed by atoms with Crippen molar-refractivity contribution in [1.82, 2.24) is 5.32 Å². The van der Waals surface area contributed by atoms with Gasteiger partial charge in [0, 0.05) is 6.54 Å². The van der Waals surface area contributed by atoms with Crippen LogP contribution in [0.4, 0.5) is 4.39 Å². The minimum atomic E-state index is -0.352. The maximum absolute atomic E-state index is 13.3. The summed E-state index contributed by atoms with van der Waals surface area (Å²) in [6.45, 7) is 1.92. The molecule has 18 heavy (non-hydrogen) atoms. The molecule has 2 rings (SSSR count). The molecular weight excluding hydrogens is 257 g/mol. The van der Waals surface area contributed by atoms with E-state index in [9.17, 15) is 9.18 Å². The smallest absolute Gasteiger partial charge is 0.256 e. The number of rotatable bonds is 3. The molecule has 94 valence electrons. The van der Waals surface area contributed by atoms with Gasteiger partial charge in [-0.25, -0.2) is 4.39 Å². The van der Waals surface area contributed by atoms with Gasteiger partial charge < -0.3 is 9.73 Å². The Balaban J connectivity index is 2.02. The monoisotopic (exact) mass is 267 g/mol. The molecule has 0 bridgehead atoms. The third-order valence-electron chi connectivity index (χ3n) is 2.55. The molecule has 1 amide bonds. The van der Waals surface area contributed by atoms with Crippen LogP contribution in [-0.4, -0.2) is 5.91 Å². The first-order chi connectivity index (χ1) is 8.58. The summed E-state index contributed by atoms with van der Waals surface area (Å²) in [6, 6.07) is 6.30. The van der Waals surface area contributed by atoms with Crippen molar-refractivity contribution in [2.45, 2.75) is 13.5 Å². The van der Waals surface area contributed by atoms with Crippen molar-refractivity contribution in [1.29, 1.82) is 0 Å². The molecule has 2 aromatic rings. The van der Waals surface area contributed by atoms with Crippen LogP contribution >= 0.6 is 11.6 Å². The fourth-order valence-electron chi connectivity index (χ4n) is 1.48. The first-order valence-electron chi connectivity index (χ1n) is 5.34. The molecule has 5 heteroatoms. The standard InChI is InChI=1S/C13H11ClFNO2/c1-8-2-3-9(6-11(8)15)7-16-13(17)10-4-5-18-12(10)14/h2-6H,7H2,1H3,(H,16,17). The predicted octanol–water partition coefficient (Wildman–Crippen LogP) is 3.31. The number of aryl methyl sites for hydroxylation is 1. The quantitative estimate of drug-likeness (QED) is 0.927. The van der Waals surface area contributed by atoms with Crippen molar-refractivity contribution in [2.24, 2.45) is 0 Å². The van der Waals surface area contributed by atoms with E-state index in [4.69, 9.17) is 16.0 Å². The van der Waals surface area contributed by atoms with E-state index in [1.807, 2.05) is 0 Å². The van der Waals surface area contributed by atoms with Crippen LogP contribution in [0.2, 0.25) is 5.22 Å². The maximum Gasteiger partial charge on any atom is 0.256 e. The van der Waals surface area contributed by atoms with E-state index in [1.165, 1.54) is 18.4 Å². The second-order valence-corrected chi connectivity index (χ2v) is 4.22. The normalized spacial score (nSPS) is 10.4. The van der Waals surface area contributed by atoms with Crippen LogP contribution in [0.15, 0.2) is 34.9 Å². The molecule has 0 aliphatic carbocycles. The minimum absolute atomic E-state index is 0.0441. The lowest BCUT2D eigenvalue weighted by atomic mass is 10.1. The van der Waals surface area contributed by atoms with Gasteiger partial charge in [-0.2, -0.15) is 0 Å². The second kappa shape index (κ2) is 5.23. The molecule has 0 atom stereocenters. The SMILES string of the molecule is Cc1ccc(CNC(=O)c2ccoc2Cl)cc1F. The Labute approximate surface area is 109 Å². The summed E-state index contributed by atoms with van der Waals surface area (Å²) in [4.78, 5) is 11.7. The highest BCUT2D eigenvalue weighted by Gasteiger charge is 2.12. The van der Waals surface area contributed by atoms with Crippen molar-refractivity contribution in [3.05, 3.63) is 58.3 Å². The Morgan fingerprint density at radius 2 is 2.22 bits per heavy atom. The predicted molar refractivity (Wildman–Crippen MR) is 66.0 cm³/mol. The number of hydrogen-bond donors (Lipinski definition) is 1. The van der Waals surface area contributed by atoms with Crippen LogP contribution in [-0.2, 0) is 6.54 Å². The number of carbonyl (C=O) groups excluding carboxylic acids is 1. The third-order valence-corrected chi connectivity index (χ3v) is 2.84. The lowest BCUT2D eigenvalue weighted by Gasteiger charge is -2.05. The summed E-state index contributed by atoms with van der Waals surface area (Å²) >= 11 is 5.67. The van der Waals surface area contributed by atoms with Gasteiger partial charge in [-0.1, -0.05) is 12.1 Å². The minimum Gasteiger partial charge on any atom is -0.452 e. The van der Waals surface area contributed by atoms with E-state index in [0.29, 0.717) is 11.1 Å². The summed E-state index contributed by atoms with van der Waals surface area (Å²) in [5.41, 5.74) is 1.53. The van der Waals surface area contributed by atoms with E-state index in [0.717, 1.165) is 0 Å². The zero-order valence-electron chi connectivity index (χ0n) is 9.67. The van der Waals surface area contributed by atoms with E-state index >= 15 is 0 Å². The zero-order chi connectivity index (χ0) is 13.1. The number of halogens is 2. The number of nitrogens with one attached hydrogen (secondary N) is 1. The van der Waals surface area contributed by atoms with E-state index < -0.39 is 0 Å². The lowest BCUT2D eigenvalue weighted by molar-refractivity contribution is 0.0950. The number of carbonyl (C=O) groups is 1. The molecule has 0 saturated carbocycles. The van der Waals surface area contributed by atoms with Crippen LogP contribution in [0.25, 0.3) is 0 Å². The highest BCUT2D eigenvalue weighted by molar-refractivity contribution is 6.32. The molecule has 0 spiro atoms. The molecule has 0 radical (unpaired) electrons. The molecule has 0 aliphatic heterocycles. The maximum atomic E-state index is 13.3. The summed E-state index contributed by atoms with van der Waals surface area (Å²) in [7, 11) is 0. The van der Waals surface area contributed by atoms with Gasteiger partial charge in [-0.3, -0.25) is 4.79 Å². The lowest BCUT2D eigenvalue weighted by Crippen LogP contribution is -2.22. The number of furan rings is 1. The van der Waals surface area contributed by atoms with Gasteiger partial charge >= 0.3 is 0 Å². The first kappa shape index (κ1) is 12.6. The van der Waals surface area contributed by atoms with E-state index in [2.05, 4.69) is 5.32 Å². The van der Waals surface area contributed by atoms with Crippen LogP contribution in [0, 0.1) is 12.7 Å². The molecule has 1 N–H and O–H groups in total. The molecular formula is C13H11ClFNO2. The van der Waals surface area contributed by atoms with Crippen LogP contribution < -0.4 is 5.32 Å². The Bertz CT molecular complexity index is 580. The number of hydrogen-bond acceptors (Lipinski definition) is 2. The van der Waals surface area contributed by atoms with Crippen LogP contribution in [0.5, 0.6) is 0 Å². The Morgan fingerprint density at radius 1 is 1.44 bits per heavy atom. The van der Waals surface area contributed by atoms with Gasteiger partial charge in [0.25, 0.3) is 5.91 Å². The van der Waals surface area contributed by atoms with Crippen molar-refractivity contribution in [3.63, 3.8) is 0 Å². The highest BCUT2D eigenvalue weighted by atomic mass is 35.5. The zero-order valence-corrected chi connectivity index (χ0v) is 10.4. The van der Waals surface area contributed by atoms with Gasteiger partial charge in [-0.15, -0.1) is 0 Å². The summed E-state index contributed by atoms with van der Waals surface area (Å²) in [5, 5.41) is 2.68. The second-order valence-electron chi connectivity index (χ2n) is 3.87. The van der Waals surface area contributed by atoms with E-state index in [-0.39, 0.29) is 29.1 Å². The topological polar surface area (TPSA) is 42.2 Å². The average molecular weight is 268 g/mol. The highest BCUT2D eigenvalue weighted by Crippen LogP contribution is 2.16. The van der Waals surface area contributed by atoms with Crippen LogP contribution in [0.3, 0.4) is 0 Å². The molecule has 0 fully saturated rings. The van der Waals surface area contributed by atoms with Gasteiger partial charge in [0.05, 0.1) is 11.8 Å². The van der Waals surface area contributed by atoms with Crippen molar-refractivity contribution in [2.75, 3.05) is 0 Å². The fraction of sp³-hybridized carbons (Fsp3) is 0.154. The number of amides is 1. The van der Waals surface area contributed by atoms with Crippen molar-refractivity contribution in [3.8, 4) is 0 Å². The summed E-state index contributed by atoms with van der Waals surface area (Å²) in [6.07, 6.45) is 1.34. The molecule has 0 unspecified atom stereocenters. The molecule has 3 nitrogen and oxygen atoms in total. The van der Waals surface area contributed by atoms with Crippen molar-refractivity contribution < 1.29 is 13.6 Å². The molecule has 0 saturated heterocycles. The summed E-state index contributed by atoms with van der Waals surface area (Å²) in [5.74, 6) is -0.641. The van der Waals surface area contributed by atoms with Gasteiger partial charge in [0.1, 0.15) is 5.82 Å². The molecule has 1 aromatic heterocycles. The largest absolute Gasteiger partial charge is 0.452 e. The Morgan fingerprint density at radius 3 is 2.83 bits per heavy atom. The van der Waals surface area contributed by atoms with Crippen molar-refractivity contribution >= 4 is 17.5 Å². The Hall–Kier alpha value is -1.81. The van der Waals surface area contributed by atoms with Gasteiger partial charge in [0.15, 0.2) is 0 Å². The van der Waals surface area contributed by atoms with Crippen LogP contribution in [0.1, 0.15) is 21.5 Å². The van der Waals surface area contributed by atoms with E-state index in [1.54, 1.807) is 19.1 Å².